The van der Waals surface area contributed by atoms with E-state index in [4.69, 9.17) is 5.73 Å². The molecule has 0 radical (unpaired) electrons. The summed E-state index contributed by atoms with van der Waals surface area (Å²) in [6.45, 7) is 4.59. The average molecular weight is 316 g/mol. The molecule has 3 rings (SSSR count). The Labute approximate surface area is 129 Å². The third kappa shape index (κ3) is 2.55. The Morgan fingerprint density at radius 1 is 1.27 bits per heavy atom. The van der Waals surface area contributed by atoms with Gasteiger partial charge in [-0.3, -0.25) is 0 Å². The number of nitrogens with zero attached hydrogens (tertiary/aromatic N) is 3. The first-order valence-corrected chi connectivity index (χ1v) is 8.61. The molecule has 2 aromatic rings. The molecule has 2 N–H and O–H groups in total. The minimum absolute atomic E-state index is 0.196. The number of nitrogen functional groups attached to an aromatic ring is 1. The molecule has 0 spiro atoms. The molecule has 22 heavy (non-hydrogen) atoms. The van der Waals surface area contributed by atoms with E-state index in [2.05, 4.69) is 16.5 Å². The first-order valence-electron chi connectivity index (χ1n) is 6.72. The van der Waals surface area contributed by atoms with Crippen molar-refractivity contribution in [2.45, 2.75) is 18.1 Å². The van der Waals surface area contributed by atoms with Crippen LogP contribution >= 0.6 is 0 Å². The number of hydrogen-bond donors (Lipinski definition) is 1. The molecule has 0 saturated carbocycles. The number of nitrogens with two attached hydrogens (primary N) is 1. The van der Waals surface area contributed by atoms with E-state index < -0.39 is 9.84 Å². The number of sulfone groups is 1. The average Bonchev–Trinajstić information content (AvgIpc) is 2.77. The van der Waals surface area contributed by atoms with Crippen molar-refractivity contribution in [1.29, 1.82) is 0 Å². The Balaban J connectivity index is 2.06. The fraction of sp³-hybridized carbons (Fsp3) is 0.200. The van der Waals surface area contributed by atoms with E-state index in [1.54, 1.807) is 0 Å². The van der Waals surface area contributed by atoms with E-state index in [1.807, 2.05) is 35.2 Å². The van der Waals surface area contributed by atoms with Crippen molar-refractivity contribution < 1.29 is 8.42 Å². The lowest BCUT2D eigenvalue weighted by Crippen LogP contribution is -2.19. The summed E-state index contributed by atoms with van der Waals surface area (Å²) in [5.74, 6) is 0.726. The Morgan fingerprint density at radius 2 is 1.95 bits per heavy atom. The molecule has 0 unspecified atom stereocenters. The topological polar surface area (TPSA) is 89.2 Å². The summed E-state index contributed by atoms with van der Waals surface area (Å²) in [6.07, 6.45) is 1.59. The van der Waals surface area contributed by atoms with Gasteiger partial charge in [0, 0.05) is 30.5 Å². The van der Waals surface area contributed by atoms with Gasteiger partial charge in [0.25, 0.3) is 5.16 Å². The first-order chi connectivity index (χ1) is 10.4. The number of hydrogen-bond acceptors (Lipinski definition) is 6. The smallest absolute Gasteiger partial charge is 0.250 e. The summed E-state index contributed by atoms with van der Waals surface area (Å²) in [5.41, 5.74) is 8.54. The fourth-order valence-electron chi connectivity index (χ4n) is 2.43. The zero-order valence-electron chi connectivity index (χ0n) is 12.2. The van der Waals surface area contributed by atoms with Crippen molar-refractivity contribution in [2.24, 2.45) is 0 Å². The molecule has 1 aromatic carbocycles. The largest absolute Gasteiger partial charge is 0.383 e. The molecule has 0 amide bonds. The Kier molecular flexibility index (Phi) is 3.37. The maximum atomic E-state index is 11.7. The molecule has 114 valence electrons. The van der Waals surface area contributed by atoms with E-state index in [0.29, 0.717) is 18.8 Å². The molecule has 0 bridgehead atoms. The molecular formula is C15H16N4O2S. The first kappa shape index (κ1) is 14.5. The summed E-state index contributed by atoms with van der Waals surface area (Å²) in [5, 5.41) is -0.253. The summed E-state index contributed by atoms with van der Waals surface area (Å²) >= 11 is 0. The van der Waals surface area contributed by atoms with Gasteiger partial charge < -0.3 is 10.6 Å². The van der Waals surface area contributed by atoms with Crippen molar-refractivity contribution in [2.75, 3.05) is 16.9 Å². The number of fused-ring (bicyclic) bond motifs is 1. The number of benzene rings is 1. The monoisotopic (exact) mass is 316 g/mol. The van der Waals surface area contributed by atoms with Crippen LogP contribution in [0.2, 0.25) is 0 Å². The summed E-state index contributed by atoms with van der Waals surface area (Å²) in [7, 11) is -3.52. The molecule has 1 aliphatic rings. The van der Waals surface area contributed by atoms with Gasteiger partial charge in [0.15, 0.2) is 0 Å². The van der Waals surface area contributed by atoms with Gasteiger partial charge in [0.05, 0.1) is 0 Å². The van der Waals surface area contributed by atoms with Crippen LogP contribution < -0.4 is 10.6 Å². The molecule has 1 aromatic heterocycles. The highest BCUT2D eigenvalue weighted by Crippen LogP contribution is 2.36. The second-order valence-corrected chi connectivity index (χ2v) is 7.19. The van der Waals surface area contributed by atoms with Crippen LogP contribution in [0.25, 0.3) is 0 Å². The maximum absolute atomic E-state index is 11.7. The van der Waals surface area contributed by atoms with E-state index in [0.717, 1.165) is 23.1 Å². The van der Waals surface area contributed by atoms with Crippen LogP contribution in [0.1, 0.15) is 11.1 Å². The maximum Gasteiger partial charge on any atom is 0.250 e. The second-order valence-electron chi connectivity index (χ2n) is 5.28. The lowest BCUT2D eigenvalue weighted by atomic mass is 10.2. The predicted octanol–water partition coefficient (Wildman–Crippen LogP) is 1.54. The summed E-state index contributed by atoms with van der Waals surface area (Å²) in [6, 6.07) is 9.83. The van der Waals surface area contributed by atoms with Crippen LogP contribution in [0.4, 0.5) is 11.6 Å². The third-order valence-corrected chi connectivity index (χ3v) is 4.38. The number of allylic oxidation sites excluding steroid dienone is 1. The van der Waals surface area contributed by atoms with Crippen LogP contribution in [0.15, 0.2) is 47.8 Å². The van der Waals surface area contributed by atoms with Crippen LogP contribution in [0.3, 0.4) is 0 Å². The highest BCUT2D eigenvalue weighted by atomic mass is 32.2. The number of rotatable bonds is 3. The van der Waals surface area contributed by atoms with Crippen molar-refractivity contribution >= 4 is 21.5 Å². The molecule has 7 heteroatoms. The Bertz CT molecular complexity index is 847. The SMILES string of the molecule is C=C1Cc2c(N)nc(S(C)(=O)=O)nc2N1Cc1ccccc1. The molecule has 1 aliphatic heterocycles. The highest BCUT2D eigenvalue weighted by molar-refractivity contribution is 7.90. The Hall–Kier alpha value is -2.41. The molecular weight excluding hydrogens is 300 g/mol. The van der Waals surface area contributed by atoms with Gasteiger partial charge in [-0.15, -0.1) is 0 Å². The summed E-state index contributed by atoms with van der Waals surface area (Å²) < 4.78 is 23.4. The van der Waals surface area contributed by atoms with Crippen LogP contribution in [-0.4, -0.2) is 24.6 Å². The van der Waals surface area contributed by atoms with Gasteiger partial charge in [-0.2, -0.15) is 0 Å². The molecule has 2 heterocycles. The molecule has 0 aliphatic carbocycles. The normalized spacial score (nSPS) is 14.2. The van der Waals surface area contributed by atoms with Crippen LogP contribution in [-0.2, 0) is 22.8 Å². The van der Waals surface area contributed by atoms with Gasteiger partial charge in [0.2, 0.25) is 9.84 Å². The quantitative estimate of drug-likeness (QED) is 0.864. The summed E-state index contributed by atoms with van der Waals surface area (Å²) in [4.78, 5) is 9.99. The standard InChI is InChI=1S/C15H16N4O2S/c1-10-8-12-13(16)17-15(22(2,20)21)18-14(12)19(10)9-11-6-4-3-5-7-11/h3-7H,1,8-9H2,2H3,(H2,16,17,18). The van der Waals surface area contributed by atoms with Crippen LogP contribution in [0.5, 0.6) is 0 Å². The predicted molar refractivity (Wildman–Crippen MR) is 85.0 cm³/mol. The van der Waals surface area contributed by atoms with E-state index in [1.165, 1.54) is 0 Å². The molecule has 0 saturated heterocycles. The highest BCUT2D eigenvalue weighted by Gasteiger charge is 2.29. The van der Waals surface area contributed by atoms with Gasteiger partial charge in [-0.05, 0) is 5.56 Å². The molecule has 0 atom stereocenters. The van der Waals surface area contributed by atoms with Crippen molar-refractivity contribution in [3.63, 3.8) is 0 Å². The van der Waals surface area contributed by atoms with E-state index in [9.17, 15) is 8.42 Å². The third-order valence-electron chi connectivity index (χ3n) is 3.53. The van der Waals surface area contributed by atoms with Crippen LogP contribution in [0, 0.1) is 0 Å². The number of aromatic nitrogens is 2. The zero-order chi connectivity index (χ0) is 15.9. The second kappa shape index (κ2) is 5.10. The van der Waals surface area contributed by atoms with Gasteiger partial charge >= 0.3 is 0 Å². The fourth-order valence-corrected chi connectivity index (χ4v) is 2.95. The van der Waals surface area contributed by atoms with E-state index in [-0.39, 0.29) is 11.0 Å². The minimum atomic E-state index is -3.52. The molecule has 6 nitrogen and oxygen atoms in total. The molecule has 0 fully saturated rings. The van der Waals surface area contributed by atoms with Crippen molar-refractivity contribution in [3.05, 3.63) is 53.7 Å². The lowest BCUT2D eigenvalue weighted by molar-refractivity contribution is 0.593. The van der Waals surface area contributed by atoms with Gasteiger partial charge in [0.1, 0.15) is 11.6 Å². The van der Waals surface area contributed by atoms with E-state index >= 15 is 0 Å². The lowest BCUT2D eigenvalue weighted by Gasteiger charge is -2.20. The van der Waals surface area contributed by atoms with Gasteiger partial charge in [-0.1, -0.05) is 36.9 Å². The minimum Gasteiger partial charge on any atom is -0.383 e. The number of anilines is 2. The van der Waals surface area contributed by atoms with Crippen molar-refractivity contribution in [1.82, 2.24) is 9.97 Å². The van der Waals surface area contributed by atoms with Crippen molar-refractivity contribution in [3.8, 4) is 0 Å². The van der Waals surface area contributed by atoms with Gasteiger partial charge in [-0.25, -0.2) is 18.4 Å². The Morgan fingerprint density at radius 3 is 2.59 bits per heavy atom. The zero-order valence-corrected chi connectivity index (χ0v) is 13.0.